The van der Waals surface area contributed by atoms with Gasteiger partial charge in [0.15, 0.2) is 5.82 Å². The van der Waals surface area contributed by atoms with Gasteiger partial charge in [0, 0.05) is 16.8 Å². The summed E-state index contributed by atoms with van der Waals surface area (Å²) < 4.78 is 1.69. The van der Waals surface area contributed by atoms with Gasteiger partial charge in [0.25, 0.3) is 0 Å². The van der Waals surface area contributed by atoms with Gasteiger partial charge in [-0.1, -0.05) is 11.6 Å². The second-order valence-electron chi connectivity index (χ2n) is 3.40. The molecule has 2 rings (SSSR count). The maximum Gasteiger partial charge on any atom is 0.157 e. The first kappa shape index (κ1) is 10.1. The van der Waals surface area contributed by atoms with E-state index in [1.807, 2.05) is 26.8 Å². The zero-order chi connectivity index (χ0) is 11.0. The van der Waals surface area contributed by atoms with E-state index >= 15 is 0 Å². The number of halogens is 1. The molecule has 78 valence electrons. The van der Waals surface area contributed by atoms with Gasteiger partial charge in [0.05, 0.1) is 0 Å². The van der Waals surface area contributed by atoms with Crippen LogP contribution in [0.5, 0.6) is 0 Å². The summed E-state index contributed by atoms with van der Waals surface area (Å²) in [6, 6.07) is 3.58. The summed E-state index contributed by atoms with van der Waals surface area (Å²) >= 11 is 5.96. The second-order valence-corrected chi connectivity index (χ2v) is 3.84. The average Bonchev–Trinajstić information content (AvgIpc) is 2.43. The Kier molecular flexibility index (Phi) is 2.44. The van der Waals surface area contributed by atoms with E-state index in [1.165, 1.54) is 0 Å². The van der Waals surface area contributed by atoms with Gasteiger partial charge in [-0.05, 0) is 26.8 Å². The molecule has 0 atom stereocenters. The summed E-state index contributed by atoms with van der Waals surface area (Å²) in [4.78, 5) is 8.57. The minimum Gasteiger partial charge on any atom is -0.234 e. The van der Waals surface area contributed by atoms with Gasteiger partial charge in [-0.15, -0.1) is 5.10 Å². The van der Waals surface area contributed by atoms with E-state index in [0.717, 1.165) is 17.3 Å². The number of aromatic nitrogens is 4. The van der Waals surface area contributed by atoms with Crippen LogP contribution in [-0.2, 0) is 0 Å². The monoisotopic (exact) mass is 222 g/mol. The molecule has 2 heterocycles. The Morgan fingerprint density at radius 2 is 1.87 bits per heavy atom. The van der Waals surface area contributed by atoms with Crippen LogP contribution in [0.4, 0.5) is 0 Å². The van der Waals surface area contributed by atoms with Crippen LogP contribution in [-0.4, -0.2) is 19.7 Å². The molecule has 0 N–H and O–H groups in total. The largest absolute Gasteiger partial charge is 0.234 e. The number of hydrogen-bond donors (Lipinski definition) is 0. The van der Waals surface area contributed by atoms with Crippen molar-refractivity contribution >= 4 is 11.6 Å². The molecular formula is C10H11ClN4. The molecule has 0 amide bonds. The van der Waals surface area contributed by atoms with Gasteiger partial charge in [0.1, 0.15) is 11.6 Å². The van der Waals surface area contributed by atoms with Gasteiger partial charge in [-0.3, -0.25) is 0 Å². The van der Waals surface area contributed by atoms with Gasteiger partial charge >= 0.3 is 0 Å². The quantitative estimate of drug-likeness (QED) is 0.743. The minimum atomic E-state index is 0.657. The van der Waals surface area contributed by atoms with Crippen molar-refractivity contribution < 1.29 is 0 Å². The van der Waals surface area contributed by atoms with Crippen molar-refractivity contribution in [3.63, 3.8) is 0 Å². The predicted molar refractivity (Wildman–Crippen MR) is 58.4 cm³/mol. The number of hydrogen-bond acceptors (Lipinski definition) is 3. The summed E-state index contributed by atoms with van der Waals surface area (Å²) in [6.07, 6.45) is 0. The molecule has 0 bridgehead atoms. The Labute approximate surface area is 92.9 Å². The maximum atomic E-state index is 5.96. The van der Waals surface area contributed by atoms with Gasteiger partial charge in [-0.25, -0.2) is 9.97 Å². The fourth-order valence-electron chi connectivity index (χ4n) is 1.46. The van der Waals surface area contributed by atoms with Crippen LogP contribution in [0, 0.1) is 20.8 Å². The normalized spacial score (nSPS) is 10.7. The van der Waals surface area contributed by atoms with Crippen LogP contribution >= 0.6 is 11.6 Å². The average molecular weight is 223 g/mol. The van der Waals surface area contributed by atoms with E-state index in [1.54, 1.807) is 10.7 Å². The third-order valence-electron chi connectivity index (χ3n) is 2.00. The van der Waals surface area contributed by atoms with Crippen LogP contribution in [0.2, 0.25) is 5.02 Å². The minimum absolute atomic E-state index is 0.657. The summed E-state index contributed by atoms with van der Waals surface area (Å²) in [5.74, 6) is 2.24. The molecule has 2 aromatic rings. The molecule has 4 nitrogen and oxygen atoms in total. The molecule has 0 aliphatic rings. The topological polar surface area (TPSA) is 43.6 Å². The zero-order valence-electron chi connectivity index (χ0n) is 8.82. The lowest BCUT2D eigenvalue weighted by molar-refractivity contribution is 0.799. The number of pyridine rings is 1. The molecule has 0 saturated carbocycles. The smallest absolute Gasteiger partial charge is 0.157 e. The van der Waals surface area contributed by atoms with Gasteiger partial charge in [-0.2, -0.15) is 4.68 Å². The van der Waals surface area contributed by atoms with Crippen molar-refractivity contribution in [2.24, 2.45) is 0 Å². The Hall–Kier alpha value is -1.42. The second kappa shape index (κ2) is 3.62. The van der Waals surface area contributed by atoms with E-state index in [9.17, 15) is 0 Å². The number of nitrogens with zero attached hydrogens (tertiary/aromatic N) is 4. The van der Waals surface area contributed by atoms with Crippen molar-refractivity contribution in [1.29, 1.82) is 0 Å². The standard InChI is InChI=1S/C10H11ClN4/c1-6-4-9(11)5-10(12-6)15-8(3)13-7(2)14-15/h4-5H,1-3H3. The van der Waals surface area contributed by atoms with Gasteiger partial charge < -0.3 is 0 Å². The SMILES string of the molecule is Cc1cc(Cl)cc(-n2nc(C)nc2C)n1. The van der Waals surface area contributed by atoms with Crippen molar-refractivity contribution in [3.05, 3.63) is 34.5 Å². The number of rotatable bonds is 1. The van der Waals surface area contributed by atoms with Crippen LogP contribution in [0.15, 0.2) is 12.1 Å². The van der Waals surface area contributed by atoms with E-state index < -0.39 is 0 Å². The van der Waals surface area contributed by atoms with Crippen LogP contribution in [0.3, 0.4) is 0 Å². The lowest BCUT2D eigenvalue weighted by atomic mass is 10.4. The Morgan fingerprint density at radius 1 is 1.13 bits per heavy atom. The van der Waals surface area contributed by atoms with Crippen molar-refractivity contribution in [2.45, 2.75) is 20.8 Å². The van der Waals surface area contributed by atoms with Crippen molar-refractivity contribution in [2.75, 3.05) is 0 Å². The molecule has 0 radical (unpaired) electrons. The fraction of sp³-hybridized carbons (Fsp3) is 0.300. The molecule has 15 heavy (non-hydrogen) atoms. The van der Waals surface area contributed by atoms with Crippen molar-refractivity contribution in [3.8, 4) is 5.82 Å². The molecule has 0 aliphatic heterocycles. The van der Waals surface area contributed by atoms with Gasteiger partial charge in [0.2, 0.25) is 0 Å². The summed E-state index contributed by atoms with van der Waals surface area (Å²) in [5.41, 5.74) is 0.866. The van der Waals surface area contributed by atoms with Crippen LogP contribution in [0.1, 0.15) is 17.3 Å². The van der Waals surface area contributed by atoms with Crippen LogP contribution in [0.25, 0.3) is 5.82 Å². The highest BCUT2D eigenvalue weighted by molar-refractivity contribution is 6.30. The first-order valence-electron chi connectivity index (χ1n) is 4.61. The fourth-order valence-corrected chi connectivity index (χ4v) is 1.71. The lowest BCUT2D eigenvalue weighted by Gasteiger charge is -2.03. The molecular weight excluding hydrogens is 212 g/mol. The molecule has 0 saturated heterocycles. The Morgan fingerprint density at radius 3 is 2.40 bits per heavy atom. The predicted octanol–water partition coefficient (Wildman–Crippen LogP) is 2.24. The number of aryl methyl sites for hydroxylation is 3. The molecule has 5 heteroatoms. The maximum absolute atomic E-state index is 5.96. The molecule has 0 unspecified atom stereocenters. The summed E-state index contributed by atoms with van der Waals surface area (Å²) in [6.45, 7) is 5.63. The van der Waals surface area contributed by atoms with Crippen molar-refractivity contribution in [1.82, 2.24) is 19.7 Å². The first-order valence-corrected chi connectivity index (χ1v) is 4.99. The van der Waals surface area contributed by atoms with E-state index in [2.05, 4.69) is 15.1 Å². The molecule has 0 spiro atoms. The van der Waals surface area contributed by atoms with Crippen LogP contribution < -0.4 is 0 Å². The molecule has 0 aromatic carbocycles. The third-order valence-corrected chi connectivity index (χ3v) is 2.21. The summed E-state index contributed by atoms with van der Waals surface area (Å²) in [7, 11) is 0. The van der Waals surface area contributed by atoms with E-state index in [0.29, 0.717) is 10.8 Å². The van der Waals surface area contributed by atoms with E-state index in [4.69, 9.17) is 11.6 Å². The third kappa shape index (κ3) is 1.99. The highest BCUT2D eigenvalue weighted by Gasteiger charge is 2.07. The molecule has 0 aliphatic carbocycles. The zero-order valence-corrected chi connectivity index (χ0v) is 9.58. The molecule has 0 fully saturated rings. The lowest BCUT2D eigenvalue weighted by Crippen LogP contribution is -2.03. The molecule has 2 aromatic heterocycles. The van der Waals surface area contributed by atoms with E-state index in [-0.39, 0.29) is 0 Å². The highest BCUT2D eigenvalue weighted by atomic mass is 35.5. The Bertz CT molecular complexity index is 484. The highest BCUT2D eigenvalue weighted by Crippen LogP contribution is 2.15. The Balaban J connectivity index is 2.58. The summed E-state index contributed by atoms with van der Waals surface area (Å²) in [5, 5.41) is 4.90. The first-order chi connectivity index (χ1) is 7.06.